The van der Waals surface area contributed by atoms with Gasteiger partial charge in [-0.1, -0.05) is 23.4 Å². The molecule has 0 saturated carbocycles. The Bertz CT molecular complexity index is 897. The van der Waals surface area contributed by atoms with Crippen molar-refractivity contribution in [3.8, 4) is 0 Å². The summed E-state index contributed by atoms with van der Waals surface area (Å²) in [5, 5.41) is 9.32. The number of para-hydroxylation sites is 1. The molecule has 0 aliphatic rings. The van der Waals surface area contributed by atoms with Gasteiger partial charge in [0, 0.05) is 29.7 Å². The van der Waals surface area contributed by atoms with E-state index in [1.807, 2.05) is 5.32 Å². The lowest BCUT2D eigenvalue weighted by Crippen LogP contribution is -2.38. The van der Waals surface area contributed by atoms with E-state index < -0.39 is 18.1 Å². The van der Waals surface area contributed by atoms with Crippen molar-refractivity contribution >= 4 is 22.6 Å². The number of rotatable bonds is 3. The Kier molecular flexibility index (Phi) is 3.66. The summed E-state index contributed by atoms with van der Waals surface area (Å²) in [4.78, 5) is 14.9. The van der Waals surface area contributed by atoms with Crippen LogP contribution in [0.4, 0.5) is 19.0 Å². The number of hydrogen-bond donors (Lipinski definition) is 3. The zero-order chi connectivity index (χ0) is 17.5. The fourth-order valence-corrected chi connectivity index (χ4v) is 2.39. The molecule has 0 bridgehead atoms. The van der Waals surface area contributed by atoms with E-state index in [1.54, 1.807) is 24.3 Å². The number of nitrogens with two attached hydrogens (primary N) is 1. The van der Waals surface area contributed by atoms with Gasteiger partial charge in [-0.05, 0) is 6.07 Å². The standard InChI is InChI=1S/C14H13F3N6O/c1-23-12(18)10(21-22-23)13(24)20-11(14(15,16)17)8-6-19-9-5-3-2-4-7(8)9/h2-6,11,19H,18H2,1H3,(H,20,24). The number of amides is 1. The average Bonchev–Trinajstić information content (AvgIpc) is 3.08. The van der Waals surface area contributed by atoms with Gasteiger partial charge in [-0.15, -0.1) is 5.10 Å². The first kappa shape index (κ1) is 15.8. The van der Waals surface area contributed by atoms with E-state index >= 15 is 0 Å². The third-order valence-corrected chi connectivity index (χ3v) is 3.62. The molecule has 1 unspecified atom stereocenters. The maximum atomic E-state index is 13.5. The molecular weight excluding hydrogens is 325 g/mol. The monoisotopic (exact) mass is 338 g/mol. The van der Waals surface area contributed by atoms with Gasteiger partial charge in [0.25, 0.3) is 5.91 Å². The molecule has 2 aromatic heterocycles. The van der Waals surface area contributed by atoms with E-state index in [2.05, 4.69) is 15.3 Å². The first-order chi connectivity index (χ1) is 11.3. The van der Waals surface area contributed by atoms with E-state index in [0.29, 0.717) is 10.9 Å². The maximum absolute atomic E-state index is 13.5. The topological polar surface area (TPSA) is 102 Å². The predicted molar refractivity (Wildman–Crippen MR) is 80.0 cm³/mol. The summed E-state index contributed by atoms with van der Waals surface area (Å²) in [5.74, 6) is -1.17. The lowest BCUT2D eigenvalue weighted by Gasteiger charge is -2.21. The summed E-state index contributed by atoms with van der Waals surface area (Å²) < 4.78 is 41.6. The van der Waals surface area contributed by atoms with Crippen LogP contribution < -0.4 is 11.1 Å². The molecule has 0 spiro atoms. The Morgan fingerprint density at radius 3 is 2.71 bits per heavy atom. The quantitative estimate of drug-likeness (QED) is 0.679. The molecule has 1 aromatic carbocycles. The summed E-state index contributed by atoms with van der Waals surface area (Å²) in [7, 11) is 1.43. The minimum Gasteiger partial charge on any atom is -0.382 e. The van der Waals surface area contributed by atoms with Crippen LogP contribution in [0.15, 0.2) is 30.5 Å². The molecule has 0 saturated heterocycles. The van der Waals surface area contributed by atoms with E-state index in [1.165, 1.54) is 13.2 Å². The Hall–Kier alpha value is -3.04. The molecule has 0 radical (unpaired) electrons. The molecule has 126 valence electrons. The normalized spacial score (nSPS) is 13.2. The van der Waals surface area contributed by atoms with Crippen molar-refractivity contribution in [2.24, 2.45) is 7.05 Å². The molecule has 0 fully saturated rings. The number of aromatic nitrogens is 4. The summed E-state index contributed by atoms with van der Waals surface area (Å²) >= 11 is 0. The number of fused-ring (bicyclic) bond motifs is 1. The van der Waals surface area contributed by atoms with Crippen molar-refractivity contribution in [2.45, 2.75) is 12.2 Å². The number of nitrogens with one attached hydrogen (secondary N) is 2. The van der Waals surface area contributed by atoms with E-state index in [4.69, 9.17) is 5.73 Å². The summed E-state index contributed by atoms with van der Waals surface area (Å²) in [5.41, 5.74) is 5.68. The van der Waals surface area contributed by atoms with E-state index in [-0.39, 0.29) is 17.1 Å². The minimum absolute atomic E-state index is 0.0890. The zero-order valence-corrected chi connectivity index (χ0v) is 12.4. The number of anilines is 1. The Labute approximate surface area is 133 Å². The fraction of sp³-hybridized carbons (Fsp3) is 0.214. The van der Waals surface area contributed by atoms with Gasteiger partial charge >= 0.3 is 6.18 Å². The van der Waals surface area contributed by atoms with Gasteiger partial charge < -0.3 is 16.0 Å². The van der Waals surface area contributed by atoms with Crippen LogP contribution in [0.3, 0.4) is 0 Å². The van der Waals surface area contributed by atoms with Gasteiger partial charge in [-0.25, -0.2) is 4.68 Å². The number of carbonyl (C=O) groups excluding carboxylic acids is 1. The van der Waals surface area contributed by atoms with Gasteiger partial charge in [0.15, 0.2) is 17.6 Å². The number of nitrogens with zero attached hydrogens (tertiary/aromatic N) is 3. The highest BCUT2D eigenvalue weighted by atomic mass is 19.4. The third-order valence-electron chi connectivity index (χ3n) is 3.62. The molecule has 3 rings (SSSR count). The maximum Gasteiger partial charge on any atom is 0.412 e. The molecule has 1 atom stereocenters. The van der Waals surface area contributed by atoms with Gasteiger partial charge in [0.2, 0.25) is 0 Å². The van der Waals surface area contributed by atoms with Crippen LogP contribution in [0.2, 0.25) is 0 Å². The highest BCUT2D eigenvalue weighted by Crippen LogP contribution is 2.36. The van der Waals surface area contributed by atoms with Gasteiger partial charge in [-0.2, -0.15) is 13.2 Å². The molecule has 24 heavy (non-hydrogen) atoms. The van der Waals surface area contributed by atoms with Crippen LogP contribution in [-0.4, -0.2) is 32.1 Å². The molecule has 10 heteroatoms. The van der Waals surface area contributed by atoms with E-state index in [9.17, 15) is 18.0 Å². The lowest BCUT2D eigenvalue weighted by atomic mass is 10.1. The number of alkyl halides is 3. The number of aryl methyl sites for hydroxylation is 1. The van der Waals surface area contributed by atoms with Gasteiger partial charge in [0.05, 0.1) is 0 Å². The van der Waals surface area contributed by atoms with Gasteiger partial charge in [-0.3, -0.25) is 4.79 Å². The Balaban J connectivity index is 1.99. The molecule has 0 aliphatic carbocycles. The summed E-state index contributed by atoms with van der Waals surface area (Å²) in [6, 6.07) is 4.31. The molecule has 1 amide bonds. The number of hydrogen-bond acceptors (Lipinski definition) is 4. The Morgan fingerprint density at radius 1 is 1.38 bits per heavy atom. The molecule has 7 nitrogen and oxygen atoms in total. The SMILES string of the molecule is Cn1nnc(C(=O)NC(c2c[nH]c3ccccc23)C(F)(F)F)c1N. The molecule has 0 aliphatic heterocycles. The van der Waals surface area contributed by atoms with Crippen molar-refractivity contribution < 1.29 is 18.0 Å². The highest BCUT2D eigenvalue weighted by molar-refractivity contribution is 5.97. The number of H-pyrrole nitrogens is 1. The molecule has 4 N–H and O–H groups in total. The van der Waals surface area contributed by atoms with Crippen molar-refractivity contribution in [3.05, 3.63) is 41.7 Å². The zero-order valence-electron chi connectivity index (χ0n) is 12.4. The number of aromatic amines is 1. The molecule has 2 heterocycles. The van der Waals surface area contributed by atoms with Gasteiger partial charge in [0.1, 0.15) is 0 Å². The van der Waals surface area contributed by atoms with Crippen LogP contribution in [0.5, 0.6) is 0 Å². The number of carbonyl (C=O) groups is 1. The third kappa shape index (κ3) is 2.66. The smallest absolute Gasteiger partial charge is 0.382 e. The predicted octanol–water partition coefficient (Wildman–Crippen LogP) is 1.91. The number of halogens is 3. The second kappa shape index (κ2) is 5.55. The minimum atomic E-state index is -4.70. The van der Waals surface area contributed by atoms with Crippen molar-refractivity contribution in [1.29, 1.82) is 0 Å². The van der Waals surface area contributed by atoms with Crippen molar-refractivity contribution in [2.75, 3.05) is 5.73 Å². The van der Waals surface area contributed by atoms with Crippen LogP contribution in [0, 0.1) is 0 Å². The highest BCUT2D eigenvalue weighted by Gasteiger charge is 2.43. The number of nitrogen functional groups attached to an aromatic ring is 1. The summed E-state index contributed by atoms with van der Waals surface area (Å²) in [6.07, 6.45) is -3.47. The second-order valence-corrected chi connectivity index (χ2v) is 5.18. The summed E-state index contributed by atoms with van der Waals surface area (Å²) in [6.45, 7) is 0. The first-order valence-corrected chi connectivity index (χ1v) is 6.87. The molecule has 3 aromatic rings. The van der Waals surface area contributed by atoms with Crippen molar-refractivity contribution in [1.82, 2.24) is 25.3 Å². The Morgan fingerprint density at radius 2 is 2.08 bits per heavy atom. The largest absolute Gasteiger partial charge is 0.412 e. The molecular formula is C14H13F3N6O. The van der Waals surface area contributed by atoms with Crippen molar-refractivity contribution in [3.63, 3.8) is 0 Å². The van der Waals surface area contributed by atoms with Crippen LogP contribution in [0.25, 0.3) is 10.9 Å². The van der Waals surface area contributed by atoms with Crippen LogP contribution >= 0.6 is 0 Å². The number of benzene rings is 1. The average molecular weight is 338 g/mol. The van der Waals surface area contributed by atoms with Crippen LogP contribution in [0.1, 0.15) is 22.1 Å². The van der Waals surface area contributed by atoms with E-state index in [0.717, 1.165) is 4.68 Å². The fourth-order valence-electron chi connectivity index (χ4n) is 2.39. The first-order valence-electron chi connectivity index (χ1n) is 6.87. The van der Waals surface area contributed by atoms with Crippen LogP contribution in [-0.2, 0) is 7.05 Å². The lowest BCUT2D eigenvalue weighted by molar-refractivity contribution is -0.155. The second-order valence-electron chi connectivity index (χ2n) is 5.18.